The molecule has 7 heteroatoms. The van der Waals surface area contributed by atoms with E-state index in [1.807, 2.05) is 24.3 Å². The number of rotatable bonds is 7. The number of hydrogen-bond acceptors (Lipinski definition) is 6. The molecule has 0 bridgehead atoms. The number of carbonyl (C=O) groups excluding carboxylic acids is 2. The Bertz CT molecular complexity index is 895. The fourth-order valence-electron chi connectivity index (χ4n) is 3.85. The van der Waals surface area contributed by atoms with E-state index in [0.717, 1.165) is 5.56 Å². The van der Waals surface area contributed by atoms with Gasteiger partial charge in [0.1, 0.15) is 5.75 Å². The fraction of sp³-hybridized carbons (Fsp3) is 0.391. The number of amides is 1. The molecule has 0 aliphatic carbocycles. The zero-order valence-corrected chi connectivity index (χ0v) is 17.7. The summed E-state index contributed by atoms with van der Waals surface area (Å²) in [6.07, 6.45) is 0.683. The van der Waals surface area contributed by atoms with E-state index in [-0.39, 0.29) is 24.9 Å². The molecule has 1 saturated heterocycles. The molecular weight excluding hydrogens is 386 g/mol. The van der Waals surface area contributed by atoms with E-state index in [9.17, 15) is 9.59 Å². The predicted octanol–water partition coefficient (Wildman–Crippen LogP) is 3.76. The minimum Gasteiger partial charge on any atom is -0.497 e. The standard InChI is InChI=1S/C23H27NO6/c1-5-30-23(26)18-11-13-21(25)24(16-7-9-17(27-2)10-8-16)22(18)15-6-12-19(28-3)20(14-15)29-4/h6-10,12,14,18,22H,5,11,13H2,1-4H3/t18-,22-/m1/s1. The van der Waals surface area contributed by atoms with Crippen LogP contribution in [-0.2, 0) is 14.3 Å². The van der Waals surface area contributed by atoms with Gasteiger partial charge in [-0.15, -0.1) is 0 Å². The Morgan fingerprint density at radius 3 is 2.30 bits per heavy atom. The van der Waals surface area contributed by atoms with Crippen molar-refractivity contribution in [3.63, 3.8) is 0 Å². The third-order valence-electron chi connectivity index (χ3n) is 5.29. The first-order chi connectivity index (χ1) is 14.5. The molecule has 1 amide bonds. The molecule has 1 fully saturated rings. The van der Waals surface area contributed by atoms with Crippen LogP contribution in [0, 0.1) is 5.92 Å². The molecule has 0 aromatic heterocycles. The van der Waals surface area contributed by atoms with Crippen molar-refractivity contribution >= 4 is 17.6 Å². The van der Waals surface area contributed by atoms with Gasteiger partial charge in [0, 0.05) is 12.1 Å². The van der Waals surface area contributed by atoms with Gasteiger partial charge >= 0.3 is 5.97 Å². The number of esters is 1. The van der Waals surface area contributed by atoms with E-state index in [1.165, 1.54) is 0 Å². The first-order valence-corrected chi connectivity index (χ1v) is 9.88. The molecule has 1 aliphatic rings. The van der Waals surface area contributed by atoms with Crippen LogP contribution in [-0.4, -0.2) is 39.8 Å². The Kier molecular flexibility index (Phi) is 6.82. The maximum absolute atomic E-state index is 13.0. The van der Waals surface area contributed by atoms with Crippen molar-refractivity contribution in [1.82, 2.24) is 0 Å². The monoisotopic (exact) mass is 413 g/mol. The average Bonchev–Trinajstić information content (AvgIpc) is 2.78. The van der Waals surface area contributed by atoms with E-state index < -0.39 is 12.0 Å². The lowest BCUT2D eigenvalue weighted by molar-refractivity contribution is -0.150. The zero-order chi connectivity index (χ0) is 21.7. The second-order valence-corrected chi connectivity index (χ2v) is 6.92. The molecule has 3 rings (SSSR count). The first kappa shape index (κ1) is 21.5. The summed E-state index contributed by atoms with van der Waals surface area (Å²) in [5.41, 5.74) is 1.46. The summed E-state index contributed by atoms with van der Waals surface area (Å²) in [4.78, 5) is 27.5. The summed E-state index contributed by atoms with van der Waals surface area (Å²) in [7, 11) is 4.70. The molecule has 1 aliphatic heterocycles. The molecule has 7 nitrogen and oxygen atoms in total. The van der Waals surface area contributed by atoms with Gasteiger partial charge in [-0.05, 0) is 55.3 Å². The summed E-state index contributed by atoms with van der Waals surface area (Å²) in [5.74, 6) is 0.928. The molecule has 2 aromatic carbocycles. The lowest BCUT2D eigenvalue weighted by Crippen LogP contribution is -2.46. The highest BCUT2D eigenvalue weighted by atomic mass is 16.5. The van der Waals surface area contributed by atoms with Crippen LogP contribution in [0.1, 0.15) is 31.4 Å². The third kappa shape index (κ3) is 4.20. The molecule has 2 atom stereocenters. The second kappa shape index (κ2) is 9.52. The average molecular weight is 413 g/mol. The van der Waals surface area contributed by atoms with Crippen molar-refractivity contribution in [2.45, 2.75) is 25.8 Å². The lowest BCUT2D eigenvalue weighted by atomic mass is 9.83. The van der Waals surface area contributed by atoms with Crippen LogP contribution in [0.3, 0.4) is 0 Å². The second-order valence-electron chi connectivity index (χ2n) is 6.92. The number of piperidine rings is 1. The van der Waals surface area contributed by atoms with Crippen molar-refractivity contribution in [3.05, 3.63) is 48.0 Å². The maximum atomic E-state index is 13.0. The van der Waals surface area contributed by atoms with Crippen molar-refractivity contribution < 1.29 is 28.5 Å². The van der Waals surface area contributed by atoms with Crippen LogP contribution in [0.4, 0.5) is 5.69 Å². The number of anilines is 1. The van der Waals surface area contributed by atoms with Gasteiger partial charge in [0.15, 0.2) is 11.5 Å². The molecule has 0 radical (unpaired) electrons. The Hall–Kier alpha value is -3.22. The molecule has 0 saturated carbocycles. The van der Waals surface area contributed by atoms with E-state index in [1.54, 1.807) is 51.4 Å². The largest absolute Gasteiger partial charge is 0.497 e. The zero-order valence-electron chi connectivity index (χ0n) is 17.7. The van der Waals surface area contributed by atoms with Crippen molar-refractivity contribution in [1.29, 1.82) is 0 Å². The van der Waals surface area contributed by atoms with Gasteiger partial charge in [0.25, 0.3) is 0 Å². The molecule has 1 heterocycles. The van der Waals surface area contributed by atoms with Crippen molar-refractivity contribution in [3.8, 4) is 17.2 Å². The summed E-state index contributed by atoms with van der Waals surface area (Å²) < 4.78 is 21.4. The lowest BCUT2D eigenvalue weighted by Gasteiger charge is -2.40. The fourth-order valence-corrected chi connectivity index (χ4v) is 3.85. The highest BCUT2D eigenvalue weighted by Gasteiger charge is 2.42. The SMILES string of the molecule is CCOC(=O)[C@@H]1CCC(=O)N(c2ccc(OC)cc2)[C@@H]1c1ccc(OC)c(OC)c1. The quantitative estimate of drug-likeness (QED) is 0.644. The van der Waals surface area contributed by atoms with E-state index in [2.05, 4.69) is 0 Å². The van der Waals surface area contributed by atoms with E-state index >= 15 is 0 Å². The Labute approximate surface area is 176 Å². The van der Waals surface area contributed by atoms with Crippen molar-refractivity contribution in [2.75, 3.05) is 32.8 Å². The summed E-state index contributed by atoms with van der Waals surface area (Å²) in [6.45, 7) is 2.06. The molecule has 0 N–H and O–H groups in total. The molecule has 160 valence electrons. The van der Waals surface area contributed by atoms with Crippen LogP contribution in [0.25, 0.3) is 0 Å². The van der Waals surface area contributed by atoms with Gasteiger partial charge in [-0.25, -0.2) is 0 Å². The third-order valence-corrected chi connectivity index (χ3v) is 5.29. The van der Waals surface area contributed by atoms with Crippen LogP contribution in [0.15, 0.2) is 42.5 Å². The van der Waals surface area contributed by atoms with Gasteiger partial charge in [-0.2, -0.15) is 0 Å². The van der Waals surface area contributed by atoms with Crippen molar-refractivity contribution in [2.24, 2.45) is 5.92 Å². The van der Waals surface area contributed by atoms with Gasteiger partial charge < -0.3 is 23.8 Å². The number of carbonyl (C=O) groups is 2. The smallest absolute Gasteiger partial charge is 0.311 e. The Balaban J connectivity index is 2.11. The number of benzene rings is 2. The molecule has 0 unspecified atom stereocenters. The maximum Gasteiger partial charge on any atom is 0.311 e. The van der Waals surface area contributed by atoms with Gasteiger partial charge in [0.2, 0.25) is 5.91 Å². The summed E-state index contributed by atoms with van der Waals surface area (Å²) in [5, 5.41) is 0. The summed E-state index contributed by atoms with van der Waals surface area (Å²) >= 11 is 0. The Morgan fingerprint density at radius 1 is 1.00 bits per heavy atom. The number of hydrogen-bond donors (Lipinski definition) is 0. The normalized spacial score (nSPS) is 18.7. The van der Waals surface area contributed by atoms with Crippen LogP contribution >= 0.6 is 0 Å². The minimum atomic E-state index is -0.529. The highest BCUT2D eigenvalue weighted by molar-refractivity contribution is 5.97. The molecule has 0 spiro atoms. The van der Waals surface area contributed by atoms with Crippen LogP contribution in [0.2, 0.25) is 0 Å². The topological polar surface area (TPSA) is 74.3 Å². The summed E-state index contributed by atoms with van der Waals surface area (Å²) in [6, 6.07) is 12.1. The Morgan fingerprint density at radius 2 is 1.70 bits per heavy atom. The van der Waals surface area contributed by atoms with E-state index in [4.69, 9.17) is 18.9 Å². The van der Waals surface area contributed by atoms with Gasteiger partial charge in [-0.1, -0.05) is 6.07 Å². The first-order valence-electron chi connectivity index (χ1n) is 9.88. The number of nitrogens with zero attached hydrogens (tertiary/aromatic N) is 1. The van der Waals surface area contributed by atoms with Crippen LogP contribution in [0.5, 0.6) is 17.2 Å². The van der Waals surface area contributed by atoms with Crippen LogP contribution < -0.4 is 19.1 Å². The number of ether oxygens (including phenoxy) is 4. The molecular formula is C23H27NO6. The minimum absolute atomic E-state index is 0.0551. The highest BCUT2D eigenvalue weighted by Crippen LogP contribution is 2.43. The molecule has 30 heavy (non-hydrogen) atoms. The number of methoxy groups -OCH3 is 3. The molecule has 2 aromatic rings. The predicted molar refractivity (Wildman–Crippen MR) is 112 cm³/mol. The van der Waals surface area contributed by atoms with Gasteiger partial charge in [-0.3, -0.25) is 9.59 Å². The van der Waals surface area contributed by atoms with Gasteiger partial charge in [0.05, 0.1) is 39.9 Å². The van der Waals surface area contributed by atoms with E-state index in [0.29, 0.717) is 29.4 Å².